The summed E-state index contributed by atoms with van der Waals surface area (Å²) < 4.78 is 37.7. The van der Waals surface area contributed by atoms with Crippen LogP contribution in [0.4, 0.5) is 13.2 Å². The highest BCUT2D eigenvalue weighted by Gasteiger charge is 2.52. The fourth-order valence-electron chi connectivity index (χ4n) is 4.06. The van der Waals surface area contributed by atoms with Gasteiger partial charge in [-0.2, -0.15) is 13.2 Å². The van der Waals surface area contributed by atoms with E-state index in [4.69, 9.17) is 0 Å². The van der Waals surface area contributed by atoms with Crippen LogP contribution in [0.5, 0.6) is 0 Å². The third-order valence-corrected chi connectivity index (χ3v) is 4.89. The molecule has 0 radical (unpaired) electrons. The second kappa shape index (κ2) is 5.31. The molecule has 0 bridgehead atoms. The quantitative estimate of drug-likeness (QED) is 0.778. The van der Waals surface area contributed by atoms with E-state index in [-0.39, 0.29) is 5.54 Å². The lowest BCUT2D eigenvalue weighted by atomic mass is 9.67. The van der Waals surface area contributed by atoms with Gasteiger partial charge in [-0.15, -0.1) is 0 Å². The Labute approximate surface area is 125 Å². The Kier molecular flexibility index (Phi) is 4.13. The monoisotopic (exact) mass is 299 g/mol. The fourth-order valence-corrected chi connectivity index (χ4v) is 4.06. The highest BCUT2D eigenvalue weighted by atomic mass is 19.4. The maximum Gasteiger partial charge on any atom is 0.416 e. The van der Waals surface area contributed by atoms with Crippen LogP contribution in [0.25, 0.3) is 0 Å². The van der Waals surface area contributed by atoms with Crippen molar-refractivity contribution in [2.75, 3.05) is 0 Å². The van der Waals surface area contributed by atoms with Crippen molar-refractivity contribution in [1.29, 1.82) is 0 Å². The minimum atomic E-state index is -4.25. The topological polar surface area (TPSA) is 3.24 Å². The van der Waals surface area contributed by atoms with Gasteiger partial charge >= 0.3 is 6.18 Å². The predicted molar refractivity (Wildman–Crippen MR) is 79.2 cm³/mol. The first-order valence-corrected chi connectivity index (χ1v) is 7.49. The molecule has 2 unspecified atom stereocenters. The normalized spacial score (nSPS) is 26.0. The van der Waals surface area contributed by atoms with Crippen LogP contribution in [0.3, 0.4) is 0 Å². The Balaban J connectivity index is 2.09. The van der Waals surface area contributed by atoms with Gasteiger partial charge in [0.2, 0.25) is 0 Å². The molecule has 1 fully saturated rings. The summed E-state index contributed by atoms with van der Waals surface area (Å²) in [5.74, 6) is 0.469. The molecular weight excluding hydrogens is 275 g/mol. The summed E-state index contributed by atoms with van der Waals surface area (Å²) in [7, 11) is 0. The van der Waals surface area contributed by atoms with Crippen LogP contribution in [-0.4, -0.2) is 22.5 Å². The van der Waals surface area contributed by atoms with E-state index in [1.165, 1.54) is 12.1 Å². The summed E-state index contributed by atoms with van der Waals surface area (Å²) in [5, 5.41) is 0. The first-order chi connectivity index (χ1) is 9.55. The second-order valence-corrected chi connectivity index (χ2v) is 6.90. The number of hydrogen-bond donors (Lipinski definition) is 0. The zero-order valence-corrected chi connectivity index (χ0v) is 13.3. The number of alkyl halides is 3. The van der Waals surface area contributed by atoms with Crippen molar-refractivity contribution in [3.05, 3.63) is 35.4 Å². The standard InChI is InChI=1S/C17H24F3N/c1-11(2)21-12(3)15(16(21,4)5)10-13-6-8-14(9-7-13)17(18,19)20/h6-9,11-12,15H,10H2,1-5H3. The van der Waals surface area contributed by atoms with Crippen molar-refractivity contribution in [1.82, 2.24) is 4.90 Å². The molecule has 1 heterocycles. The molecule has 4 heteroatoms. The average molecular weight is 299 g/mol. The Morgan fingerprint density at radius 2 is 1.67 bits per heavy atom. The van der Waals surface area contributed by atoms with E-state index in [0.29, 0.717) is 18.0 Å². The number of rotatable bonds is 3. The molecule has 1 aliphatic rings. The second-order valence-electron chi connectivity index (χ2n) is 6.90. The van der Waals surface area contributed by atoms with Gasteiger partial charge in [0, 0.05) is 17.6 Å². The molecule has 0 aromatic heterocycles. The molecule has 21 heavy (non-hydrogen) atoms. The third kappa shape index (κ3) is 2.96. The highest BCUT2D eigenvalue weighted by molar-refractivity contribution is 5.26. The zero-order valence-electron chi connectivity index (χ0n) is 13.3. The Morgan fingerprint density at radius 1 is 1.14 bits per heavy atom. The van der Waals surface area contributed by atoms with Gasteiger partial charge in [-0.3, -0.25) is 4.90 Å². The third-order valence-electron chi connectivity index (χ3n) is 4.89. The largest absolute Gasteiger partial charge is 0.416 e. The minimum absolute atomic E-state index is 0.0935. The molecule has 0 saturated carbocycles. The summed E-state index contributed by atoms with van der Waals surface area (Å²) in [6.07, 6.45) is -3.43. The van der Waals surface area contributed by atoms with Gasteiger partial charge < -0.3 is 0 Å². The molecule has 1 aliphatic heterocycles. The van der Waals surface area contributed by atoms with Crippen LogP contribution in [0.2, 0.25) is 0 Å². The maximum atomic E-state index is 12.6. The summed E-state index contributed by atoms with van der Waals surface area (Å²) >= 11 is 0. The van der Waals surface area contributed by atoms with E-state index in [2.05, 4.69) is 39.5 Å². The van der Waals surface area contributed by atoms with Gasteiger partial charge in [0.05, 0.1) is 5.56 Å². The van der Waals surface area contributed by atoms with E-state index < -0.39 is 11.7 Å². The number of halogens is 3. The van der Waals surface area contributed by atoms with Crippen LogP contribution in [0, 0.1) is 5.92 Å². The van der Waals surface area contributed by atoms with Crippen molar-refractivity contribution in [3.8, 4) is 0 Å². The van der Waals surface area contributed by atoms with Gasteiger partial charge in [0.1, 0.15) is 0 Å². The van der Waals surface area contributed by atoms with Crippen LogP contribution in [0.1, 0.15) is 45.7 Å². The molecule has 1 nitrogen and oxygen atoms in total. The van der Waals surface area contributed by atoms with Crippen LogP contribution in [-0.2, 0) is 12.6 Å². The molecule has 1 saturated heterocycles. The Bertz CT molecular complexity index is 488. The lowest BCUT2D eigenvalue weighted by Crippen LogP contribution is -2.71. The summed E-state index contributed by atoms with van der Waals surface area (Å²) in [4.78, 5) is 2.47. The molecule has 1 aromatic carbocycles. The molecule has 0 aliphatic carbocycles. The molecule has 1 aromatic rings. The fraction of sp³-hybridized carbons (Fsp3) is 0.647. The molecule has 0 N–H and O–H groups in total. The predicted octanol–water partition coefficient (Wildman–Crippen LogP) is 4.76. The SMILES string of the molecule is CC(C)N1C(C)C(Cc2ccc(C(F)(F)F)cc2)C1(C)C. The van der Waals surface area contributed by atoms with Gasteiger partial charge in [-0.05, 0) is 64.7 Å². The summed E-state index contributed by atoms with van der Waals surface area (Å²) in [6.45, 7) is 11.0. The van der Waals surface area contributed by atoms with Gasteiger partial charge in [0.15, 0.2) is 0 Å². The van der Waals surface area contributed by atoms with Crippen molar-refractivity contribution in [3.63, 3.8) is 0 Å². The highest BCUT2D eigenvalue weighted by Crippen LogP contribution is 2.45. The van der Waals surface area contributed by atoms with Crippen LogP contribution in [0.15, 0.2) is 24.3 Å². The number of nitrogens with zero attached hydrogens (tertiary/aromatic N) is 1. The number of hydrogen-bond acceptors (Lipinski definition) is 1. The van der Waals surface area contributed by atoms with Crippen molar-refractivity contribution in [2.45, 2.75) is 64.8 Å². The van der Waals surface area contributed by atoms with E-state index in [1.807, 2.05) is 0 Å². The van der Waals surface area contributed by atoms with E-state index in [9.17, 15) is 13.2 Å². The summed E-state index contributed by atoms with van der Waals surface area (Å²) in [5.41, 5.74) is 0.503. The van der Waals surface area contributed by atoms with Gasteiger partial charge in [0.25, 0.3) is 0 Å². The first kappa shape index (κ1) is 16.3. The minimum Gasteiger partial charge on any atom is -0.292 e. The molecule has 0 spiro atoms. The van der Waals surface area contributed by atoms with E-state index >= 15 is 0 Å². The van der Waals surface area contributed by atoms with Crippen molar-refractivity contribution < 1.29 is 13.2 Å². The number of benzene rings is 1. The lowest BCUT2D eigenvalue weighted by molar-refractivity contribution is -0.137. The van der Waals surface area contributed by atoms with Crippen molar-refractivity contribution in [2.24, 2.45) is 5.92 Å². The molecule has 2 atom stereocenters. The van der Waals surface area contributed by atoms with E-state index in [0.717, 1.165) is 12.0 Å². The molecular formula is C17H24F3N. The Hall–Kier alpha value is -1.03. The smallest absolute Gasteiger partial charge is 0.292 e. The maximum absolute atomic E-state index is 12.6. The van der Waals surface area contributed by atoms with Gasteiger partial charge in [-0.25, -0.2) is 0 Å². The molecule has 0 amide bonds. The average Bonchev–Trinajstić information content (AvgIpc) is 2.34. The van der Waals surface area contributed by atoms with Crippen LogP contribution < -0.4 is 0 Å². The molecule has 118 valence electrons. The first-order valence-electron chi connectivity index (χ1n) is 7.49. The van der Waals surface area contributed by atoms with Gasteiger partial charge in [-0.1, -0.05) is 12.1 Å². The van der Waals surface area contributed by atoms with E-state index in [1.54, 1.807) is 12.1 Å². The van der Waals surface area contributed by atoms with Crippen LogP contribution >= 0.6 is 0 Å². The number of likely N-dealkylation sites (tertiary alicyclic amines) is 1. The lowest BCUT2D eigenvalue weighted by Gasteiger charge is -2.63. The zero-order chi connectivity index (χ0) is 16.0. The summed E-state index contributed by atoms with van der Waals surface area (Å²) in [6, 6.07) is 6.55. The Morgan fingerprint density at radius 3 is 2.05 bits per heavy atom. The van der Waals surface area contributed by atoms with Crippen molar-refractivity contribution >= 4 is 0 Å². The molecule has 2 rings (SSSR count).